The minimum Gasteiger partial charge on any atom is -0.360 e. The van der Waals surface area contributed by atoms with Crippen LogP contribution < -0.4 is 15.5 Å². The van der Waals surface area contributed by atoms with Crippen LogP contribution in [0.4, 0.5) is 24.5 Å². The first-order chi connectivity index (χ1) is 13.3. The highest BCUT2D eigenvalue weighted by Gasteiger charge is 2.31. The van der Waals surface area contributed by atoms with Gasteiger partial charge in [0.25, 0.3) is 5.91 Å². The number of nitrogens with one attached hydrogen (secondary N) is 3. The Morgan fingerprint density at radius 3 is 2.57 bits per heavy atom. The number of carbonyl (C=O) groups excluding carboxylic acids is 1. The molecule has 3 aromatic rings. The van der Waals surface area contributed by atoms with Crippen LogP contribution in [0.5, 0.6) is 0 Å². The number of H-pyrrole nitrogens is 1. The quantitative estimate of drug-likeness (QED) is 0.522. The molecule has 1 aromatic heterocycles. The van der Waals surface area contributed by atoms with Crippen LogP contribution in [0.2, 0.25) is 0 Å². The summed E-state index contributed by atoms with van der Waals surface area (Å²) in [4.78, 5) is 27.9. The third-order valence-corrected chi connectivity index (χ3v) is 4.33. The lowest BCUT2D eigenvalue weighted by Crippen LogP contribution is -2.22. The van der Waals surface area contributed by atoms with Gasteiger partial charge in [0.15, 0.2) is 0 Å². The molecule has 0 radical (unpaired) electrons. The first kappa shape index (κ1) is 19.6. The van der Waals surface area contributed by atoms with Gasteiger partial charge in [-0.25, -0.2) is 0 Å². The SMILES string of the molecule is C=CSNc1cc(NC(=O)c2c[nH]c3ccccc3c2=O)cc(C(F)(F)F)c1. The Hall–Kier alpha value is -3.20. The number of aromatic amines is 1. The monoisotopic (exact) mass is 405 g/mol. The van der Waals surface area contributed by atoms with Crippen LogP contribution in [-0.4, -0.2) is 10.9 Å². The highest BCUT2D eigenvalue weighted by molar-refractivity contribution is 8.03. The first-order valence-electron chi connectivity index (χ1n) is 7.96. The highest BCUT2D eigenvalue weighted by Crippen LogP contribution is 2.34. The summed E-state index contributed by atoms with van der Waals surface area (Å²) >= 11 is 0.987. The number of fused-ring (bicyclic) bond motifs is 1. The second-order valence-electron chi connectivity index (χ2n) is 5.71. The van der Waals surface area contributed by atoms with E-state index in [0.29, 0.717) is 10.9 Å². The number of pyridine rings is 1. The van der Waals surface area contributed by atoms with Gasteiger partial charge < -0.3 is 15.0 Å². The highest BCUT2D eigenvalue weighted by atomic mass is 32.2. The zero-order chi connectivity index (χ0) is 20.3. The lowest BCUT2D eigenvalue weighted by atomic mass is 10.1. The summed E-state index contributed by atoms with van der Waals surface area (Å²) < 4.78 is 42.1. The van der Waals surface area contributed by atoms with Crippen molar-refractivity contribution in [2.45, 2.75) is 6.18 Å². The Kier molecular flexibility index (Phi) is 5.46. The Bertz CT molecular complexity index is 1110. The van der Waals surface area contributed by atoms with Gasteiger partial charge in [-0.15, -0.1) is 0 Å². The van der Waals surface area contributed by atoms with E-state index in [2.05, 4.69) is 21.6 Å². The molecule has 0 aliphatic heterocycles. The van der Waals surface area contributed by atoms with Crippen LogP contribution in [0.15, 0.2) is 65.4 Å². The van der Waals surface area contributed by atoms with Gasteiger partial charge in [-0.2, -0.15) is 13.2 Å². The fourth-order valence-electron chi connectivity index (χ4n) is 2.57. The van der Waals surface area contributed by atoms with E-state index in [-0.39, 0.29) is 16.9 Å². The van der Waals surface area contributed by atoms with Crippen LogP contribution in [-0.2, 0) is 6.18 Å². The molecule has 0 unspecified atom stereocenters. The van der Waals surface area contributed by atoms with Gasteiger partial charge in [0.1, 0.15) is 5.56 Å². The van der Waals surface area contributed by atoms with E-state index < -0.39 is 23.1 Å². The smallest absolute Gasteiger partial charge is 0.360 e. The summed E-state index contributed by atoms with van der Waals surface area (Å²) in [5.74, 6) is -0.811. The average molecular weight is 405 g/mol. The standard InChI is InChI=1S/C19H14F3N3O2S/c1-2-28-25-13-8-11(19(20,21)22)7-12(9-13)24-18(27)15-10-23-16-6-4-3-5-14(16)17(15)26/h2-10,25H,1H2,(H,23,26)(H,24,27). The van der Waals surface area contributed by atoms with Crippen molar-refractivity contribution < 1.29 is 18.0 Å². The summed E-state index contributed by atoms with van der Waals surface area (Å²) in [7, 11) is 0. The van der Waals surface area contributed by atoms with Gasteiger partial charge in [0.05, 0.1) is 5.56 Å². The number of para-hydroxylation sites is 1. The maximum Gasteiger partial charge on any atom is 0.416 e. The van der Waals surface area contributed by atoms with Gasteiger partial charge >= 0.3 is 6.18 Å². The van der Waals surface area contributed by atoms with Crippen LogP contribution in [0.25, 0.3) is 10.9 Å². The molecule has 0 aliphatic rings. The van der Waals surface area contributed by atoms with E-state index in [1.165, 1.54) is 17.7 Å². The zero-order valence-corrected chi connectivity index (χ0v) is 15.1. The van der Waals surface area contributed by atoms with Crippen molar-refractivity contribution >= 4 is 40.1 Å². The summed E-state index contributed by atoms with van der Waals surface area (Å²) in [6.07, 6.45) is -3.36. The van der Waals surface area contributed by atoms with Gasteiger partial charge in [-0.3, -0.25) is 9.59 Å². The maximum absolute atomic E-state index is 13.1. The minimum atomic E-state index is -4.60. The Labute approximate surface area is 161 Å². The normalized spacial score (nSPS) is 11.2. The molecular weight excluding hydrogens is 391 g/mol. The molecule has 0 aliphatic carbocycles. The molecule has 144 valence electrons. The van der Waals surface area contributed by atoms with E-state index in [4.69, 9.17) is 0 Å². The number of anilines is 2. The zero-order valence-electron chi connectivity index (χ0n) is 14.3. The Morgan fingerprint density at radius 2 is 1.86 bits per heavy atom. The van der Waals surface area contributed by atoms with E-state index in [0.717, 1.165) is 24.1 Å². The van der Waals surface area contributed by atoms with Crippen molar-refractivity contribution in [2.75, 3.05) is 10.0 Å². The summed E-state index contributed by atoms with van der Waals surface area (Å²) in [6.45, 7) is 3.46. The van der Waals surface area contributed by atoms with Gasteiger partial charge in [-0.1, -0.05) is 18.7 Å². The second kappa shape index (κ2) is 7.81. The number of amides is 1. The number of aromatic nitrogens is 1. The van der Waals surface area contributed by atoms with Gasteiger partial charge in [0, 0.05) is 28.5 Å². The van der Waals surface area contributed by atoms with Crippen molar-refractivity contribution in [1.29, 1.82) is 0 Å². The third kappa shape index (κ3) is 4.20. The molecule has 3 N–H and O–H groups in total. The van der Waals surface area contributed by atoms with Crippen molar-refractivity contribution in [3.63, 3.8) is 0 Å². The third-order valence-electron chi connectivity index (χ3n) is 3.81. The molecule has 0 spiro atoms. The number of hydrogen-bond donors (Lipinski definition) is 3. The Morgan fingerprint density at radius 1 is 1.14 bits per heavy atom. The molecule has 9 heteroatoms. The van der Waals surface area contributed by atoms with Crippen LogP contribution in [0.1, 0.15) is 15.9 Å². The summed E-state index contributed by atoms with van der Waals surface area (Å²) in [5, 5.41) is 4.08. The molecule has 0 saturated carbocycles. The Balaban J connectivity index is 1.96. The molecule has 3 rings (SSSR count). The molecule has 0 atom stereocenters. The van der Waals surface area contributed by atoms with Crippen LogP contribution in [0.3, 0.4) is 0 Å². The van der Waals surface area contributed by atoms with E-state index in [1.54, 1.807) is 24.3 Å². The van der Waals surface area contributed by atoms with Gasteiger partial charge in [0.2, 0.25) is 5.43 Å². The van der Waals surface area contributed by atoms with E-state index in [9.17, 15) is 22.8 Å². The molecule has 28 heavy (non-hydrogen) atoms. The number of carbonyl (C=O) groups is 1. The molecule has 0 fully saturated rings. The molecule has 1 amide bonds. The van der Waals surface area contributed by atoms with E-state index >= 15 is 0 Å². The predicted molar refractivity (Wildman–Crippen MR) is 105 cm³/mol. The lowest BCUT2D eigenvalue weighted by molar-refractivity contribution is -0.137. The number of halogens is 3. The number of rotatable bonds is 5. The van der Waals surface area contributed by atoms with Crippen LogP contribution in [0, 0.1) is 0 Å². The average Bonchev–Trinajstić information content (AvgIpc) is 2.66. The summed E-state index contributed by atoms with van der Waals surface area (Å²) in [6, 6.07) is 9.67. The maximum atomic E-state index is 13.1. The van der Waals surface area contributed by atoms with Crippen molar-refractivity contribution in [3.05, 3.63) is 82.0 Å². The summed E-state index contributed by atoms with van der Waals surface area (Å²) in [5.41, 5.74) is -1.08. The number of benzene rings is 2. The van der Waals surface area contributed by atoms with Crippen molar-refractivity contribution in [2.24, 2.45) is 0 Å². The number of hydrogen-bond acceptors (Lipinski definition) is 4. The van der Waals surface area contributed by atoms with Crippen molar-refractivity contribution in [3.8, 4) is 0 Å². The molecular formula is C19H14F3N3O2S. The van der Waals surface area contributed by atoms with Crippen molar-refractivity contribution in [1.82, 2.24) is 4.98 Å². The van der Waals surface area contributed by atoms with Crippen LogP contribution >= 0.6 is 11.9 Å². The molecule has 5 nitrogen and oxygen atoms in total. The minimum absolute atomic E-state index is 0.0976. The topological polar surface area (TPSA) is 74.0 Å². The fourth-order valence-corrected chi connectivity index (χ4v) is 2.90. The predicted octanol–water partition coefficient (Wildman–Crippen LogP) is 5.00. The molecule has 0 saturated heterocycles. The number of alkyl halides is 3. The largest absolute Gasteiger partial charge is 0.416 e. The first-order valence-corrected chi connectivity index (χ1v) is 8.84. The lowest BCUT2D eigenvalue weighted by Gasteiger charge is -2.13. The molecule has 2 aromatic carbocycles. The fraction of sp³-hybridized carbons (Fsp3) is 0.0526. The molecule has 0 bridgehead atoms. The van der Waals surface area contributed by atoms with E-state index in [1.807, 2.05) is 0 Å². The van der Waals surface area contributed by atoms with Gasteiger partial charge in [-0.05, 0) is 47.7 Å². The second-order valence-corrected chi connectivity index (χ2v) is 6.49. The molecule has 1 heterocycles.